The van der Waals surface area contributed by atoms with E-state index in [1.54, 1.807) is 0 Å². The molecule has 1 saturated heterocycles. The molecule has 0 radical (unpaired) electrons. The molecular weight excluding hydrogens is 150 g/mol. The number of ketones is 2. The molecule has 60 valence electrons. The van der Waals surface area contributed by atoms with Crippen molar-refractivity contribution in [3.63, 3.8) is 0 Å². The first-order chi connectivity index (χ1) is 5.25. The Bertz CT molecular complexity index is 195. The molecule has 0 aromatic heterocycles. The predicted octanol–water partition coefficient (Wildman–Crippen LogP) is -1.73. The van der Waals surface area contributed by atoms with Crippen molar-refractivity contribution in [2.45, 2.75) is 6.10 Å². The first-order valence-electron chi connectivity index (χ1n) is 3.11. The molecule has 0 aromatic rings. The lowest BCUT2D eigenvalue weighted by Crippen LogP contribution is -2.31. The van der Waals surface area contributed by atoms with Gasteiger partial charge in [0.15, 0.2) is 6.29 Å². The molecule has 5 nitrogen and oxygen atoms in total. The van der Waals surface area contributed by atoms with Gasteiger partial charge in [0, 0.05) is 6.54 Å². The van der Waals surface area contributed by atoms with Crippen molar-refractivity contribution < 1.29 is 19.1 Å². The Morgan fingerprint density at radius 2 is 2.27 bits per heavy atom. The van der Waals surface area contributed by atoms with E-state index < -0.39 is 17.7 Å². The molecule has 1 rings (SSSR count). The lowest BCUT2D eigenvalue weighted by Gasteiger charge is -2.01. The third-order valence-corrected chi connectivity index (χ3v) is 1.36. The highest BCUT2D eigenvalue weighted by Gasteiger charge is 2.28. The fourth-order valence-electron chi connectivity index (χ4n) is 0.794. The molecule has 0 amide bonds. The largest absolute Gasteiger partial charge is 0.353 e. The molecule has 0 saturated carbocycles. The van der Waals surface area contributed by atoms with Gasteiger partial charge in [0.25, 0.3) is 5.78 Å². The van der Waals surface area contributed by atoms with Gasteiger partial charge in [-0.15, -0.1) is 0 Å². The molecule has 0 bridgehead atoms. The Morgan fingerprint density at radius 1 is 1.55 bits per heavy atom. The van der Waals surface area contributed by atoms with Crippen LogP contribution in [0.1, 0.15) is 0 Å². The Hall–Kier alpha value is -1.07. The number of hydrogen-bond donors (Lipinski definition) is 1. The van der Waals surface area contributed by atoms with Gasteiger partial charge in [0.2, 0.25) is 5.78 Å². The van der Waals surface area contributed by atoms with Gasteiger partial charge in [-0.3, -0.25) is 19.7 Å². The predicted molar refractivity (Wildman–Crippen MR) is 33.8 cm³/mol. The molecule has 1 unspecified atom stereocenters. The van der Waals surface area contributed by atoms with E-state index in [0.717, 1.165) is 0 Å². The monoisotopic (exact) mass is 157 g/mol. The molecular formula is C6H7NO4. The van der Waals surface area contributed by atoms with Crippen LogP contribution in [0.5, 0.6) is 0 Å². The van der Waals surface area contributed by atoms with Crippen LogP contribution >= 0.6 is 0 Å². The van der Waals surface area contributed by atoms with Crippen molar-refractivity contribution in [3.8, 4) is 0 Å². The fraction of sp³-hybridized carbons (Fsp3) is 0.500. The molecule has 1 N–H and O–H groups in total. The number of carbonyl (C=O) groups is 3. The Kier molecular flexibility index (Phi) is 2.45. The molecule has 1 aliphatic rings. The van der Waals surface area contributed by atoms with Crippen molar-refractivity contribution in [1.82, 2.24) is 5.32 Å². The normalized spacial score (nSPS) is 23.1. The van der Waals surface area contributed by atoms with Crippen molar-refractivity contribution in [3.05, 3.63) is 0 Å². The molecule has 0 aromatic carbocycles. The zero-order valence-electron chi connectivity index (χ0n) is 5.70. The van der Waals surface area contributed by atoms with Gasteiger partial charge in [0.05, 0.1) is 6.73 Å². The summed E-state index contributed by atoms with van der Waals surface area (Å²) in [5.74, 6) is -1.80. The minimum atomic E-state index is -1.03. The van der Waals surface area contributed by atoms with Crippen LogP contribution in [0.2, 0.25) is 0 Å². The third-order valence-electron chi connectivity index (χ3n) is 1.36. The zero-order valence-corrected chi connectivity index (χ0v) is 5.70. The highest BCUT2D eigenvalue weighted by molar-refractivity contribution is 6.58. The molecule has 5 heteroatoms. The van der Waals surface area contributed by atoms with E-state index in [2.05, 4.69) is 5.32 Å². The first kappa shape index (κ1) is 8.03. The SMILES string of the molecule is O=CC(=O)C(=O)C1CNCO1. The molecule has 1 aliphatic heterocycles. The summed E-state index contributed by atoms with van der Waals surface area (Å²) in [6.07, 6.45) is -0.767. The van der Waals surface area contributed by atoms with Crippen LogP contribution in [-0.4, -0.2) is 37.2 Å². The van der Waals surface area contributed by atoms with Gasteiger partial charge in [-0.2, -0.15) is 0 Å². The van der Waals surface area contributed by atoms with Gasteiger partial charge >= 0.3 is 0 Å². The van der Waals surface area contributed by atoms with Crippen LogP contribution in [0.4, 0.5) is 0 Å². The van der Waals surface area contributed by atoms with E-state index in [9.17, 15) is 14.4 Å². The topological polar surface area (TPSA) is 72.5 Å². The minimum Gasteiger partial charge on any atom is -0.353 e. The van der Waals surface area contributed by atoms with Crippen LogP contribution in [-0.2, 0) is 19.1 Å². The second-order valence-corrected chi connectivity index (χ2v) is 2.10. The molecule has 1 fully saturated rings. The number of ether oxygens (including phenoxy) is 1. The molecule has 11 heavy (non-hydrogen) atoms. The van der Waals surface area contributed by atoms with Gasteiger partial charge in [-0.25, -0.2) is 0 Å². The van der Waals surface area contributed by atoms with Crippen molar-refractivity contribution >= 4 is 17.9 Å². The molecule has 1 heterocycles. The van der Waals surface area contributed by atoms with E-state index in [1.165, 1.54) is 0 Å². The maximum absolute atomic E-state index is 10.8. The fourth-order valence-corrected chi connectivity index (χ4v) is 0.794. The maximum atomic E-state index is 10.8. The quantitative estimate of drug-likeness (QED) is 0.299. The standard InChI is InChI=1S/C6H7NO4/c8-2-4(9)6(10)5-1-7-3-11-5/h2,5,7H,1,3H2. The number of aldehydes is 1. The summed E-state index contributed by atoms with van der Waals surface area (Å²) >= 11 is 0. The lowest BCUT2D eigenvalue weighted by atomic mass is 10.2. The van der Waals surface area contributed by atoms with Crippen LogP contribution in [0.15, 0.2) is 0 Å². The summed E-state index contributed by atoms with van der Waals surface area (Å²) in [4.78, 5) is 31.2. The maximum Gasteiger partial charge on any atom is 0.263 e. The second kappa shape index (κ2) is 3.36. The van der Waals surface area contributed by atoms with Gasteiger partial charge in [-0.1, -0.05) is 0 Å². The molecule has 1 atom stereocenters. The highest BCUT2D eigenvalue weighted by atomic mass is 16.5. The van der Waals surface area contributed by atoms with Crippen LogP contribution in [0.25, 0.3) is 0 Å². The first-order valence-corrected chi connectivity index (χ1v) is 3.11. The summed E-state index contributed by atoms with van der Waals surface area (Å²) in [5.41, 5.74) is 0. The number of nitrogens with one attached hydrogen (secondary N) is 1. The van der Waals surface area contributed by atoms with Gasteiger partial charge < -0.3 is 4.74 Å². The van der Waals surface area contributed by atoms with Crippen LogP contribution in [0, 0.1) is 0 Å². The number of hydrogen-bond acceptors (Lipinski definition) is 5. The molecule has 0 spiro atoms. The van der Waals surface area contributed by atoms with E-state index in [1.807, 2.05) is 0 Å². The van der Waals surface area contributed by atoms with Crippen molar-refractivity contribution in [2.24, 2.45) is 0 Å². The van der Waals surface area contributed by atoms with Crippen LogP contribution < -0.4 is 5.32 Å². The highest BCUT2D eigenvalue weighted by Crippen LogP contribution is 1.98. The number of Topliss-reactive ketones (excluding diaryl/α,β-unsaturated/α-hetero) is 2. The van der Waals surface area contributed by atoms with Gasteiger partial charge in [0.1, 0.15) is 6.10 Å². The smallest absolute Gasteiger partial charge is 0.263 e. The third kappa shape index (κ3) is 1.69. The van der Waals surface area contributed by atoms with E-state index >= 15 is 0 Å². The number of rotatable bonds is 3. The summed E-state index contributed by atoms with van der Waals surface area (Å²) < 4.78 is 4.80. The average molecular weight is 157 g/mol. The van der Waals surface area contributed by atoms with E-state index in [4.69, 9.17) is 4.74 Å². The summed E-state index contributed by atoms with van der Waals surface area (Å²) in [6.45, 7) is 0.557. The second-order valence-electron chi connectivity index (χ2n) is 2.10. The summed E-state index contributed by atoms with van der Waals surface area (Å²) in [7, 11) is 0. The number of carbonyl (C=O) groups excluding carboxylic acids is 3. The summed E-state index contributed by atoms with van der Waals surface area (Å²) in [5, 5.41) is 2.72. The van der Waals surface area contributed by atoms with E-state index in [-0.39, 0.29) is 13.0 Å². The zero-order chi connectivity index (χ0) is 8.27. The van der Waals surface area contributed by atoms with Gasteiger partial charge in [-0.05, 0) is 0 Å². The molecule has 0 aliphatic carbocycles. The Balaban J connectivity index is 2.52. The van der Waals surface area contributed by atoms with E-state index in [0.29, 0.717) is 6.54 Å². The minimum absolute atomic E-state index is 0.00398. The summed E-state index contributed by atoms with van der Waals surface area (Å²) in [6, 6.07) is 0. The average Bonchev–Trinajstić information content (AvgIpc) is 2.53. The van der Waals surface area contributed by atoms with Crippen molar-refractivity contribution in [2.75, 3.05) is 13.3 Å². The van der Waals surface area contributed by atoms with Crippen LogP contribution in [0.3, 0.4) is 0 Å². The van der Waals surface area contributed by atoms with Crippen molar-refractivity contribution in [1.29, 1.82) is 0 Å². The Labute approximate surface area is 62.7 Å². The lowest BCUT2D eigenvalue weighted by molar-refractivity contribution is -0.144. The Morgan fingerprint density at radius 3 is 2.73 bits per heavy atom.